The highest BCUT2D eigenvalue weighted by molar-refractivity contribution is 6.12. The number of aromatic nitrogens is 2. The first kappa shape index (κ1) is 20.9. The summed E-state index contributed by atoms with van der Waals surface area (Å²) in [6.07, 6.45) is 1.20. The third kappa shape index (κ3) is 4.10. The number of para-hydroxylation sites is 2. The molecule has 0 radical (unpaired) electrons. The maximum atomic E-state index is 13.7. The van der Waals surface area contributed by atoms with Gasteiger partial charge in [0.1, 0.15) is 11.5 Å². The molecule has 5 rings (SSSR count). The predicted molar refractivity (Wildman–Crippen MR) is 131 cm³/mol. The van der Waals surface area contributed by atoms with Gasteiger partial charge in [-0.1, -0.05) is 48.5 Å². The van der Waals surface area contributed by atoms with Crippen molar-refractivity contribution in [2.24, 2.45) is 0 Å². The fraction of sp³-hybridized carbons (Fsp3) is 0.143. The highest BCUT2D eigenvalue weighted by Crippen LogP contribution is 2.29. The van der Waals surface area contributed by atoms with E-state index in [1.54, 1.807) is 12.1 Å². The molecule has 0 spiro atoms. The summed E-state index contributed by atoms with van der Waals surface area (Å²) in [6, 6.07) is 22.4. The minimum Gasteiger partial charge on any atom is -0.353 e. The van der Waals surface area contributed by atoms with Crippen LogP contribution in [0.25, 0.3) is 21.8 Å². The van der Waals surface area contributed by atoms with Crippen molar-refractivity contribution in [3.63, 3.8) is 0 Å². The van der Waals surface area contributed by atoms with Crippen molar-refractivity contribution in [3.8, 4) is 0 Å². The number of pyridine rings is 1. The zero-order valence-electron chi connectivity index (χ0n) is 18.6. The van der Waals surface area contributed by atoms with E-state index in [2.05, 4.69) is 10.3 Å². The van der Waals surface area contributed by atoms with Crippen LogP contribution >= 0.6 is 0 Å². The van der Waals surface area contributed by atoms with Crippen LogP contribution in [0.15, 0.2) is 72.8 Å². The van der Waals surface area contributed by atoms with Crippen molar-refractivity contribution in [1.29, 1.82) is 0 Å². The van der Waals surface area contributed by atoms with Gasteiger partial charge in [-0.25, -0.2) is 9.37 Å². The zero-order chi connectivity index (χ0) is 22.9. The van der Waals surface area contributed by atoms with Crippen LogP contribution in [0, 0.1) is 19.7 Å². The quantitative estimate of drug-likeness (QED) is 0.329. The number of amides is 1. The smallest absolute Gasteiger partial charge is 0.274 e. The molecule has 0 bridgehead atoms. The molecule has 164 valence electrons. The average molecular weight is 438 g/mol. The first-order valence-electron chi connectivity index (χ1n) is 11.0. The number of H-pyrrole nitrogens is 1. The molecule has 0 aliphatic heterocycles. The van der Waals surface area contributed by atoms with Gasteiger partial charge in [-0.05, 0) is 67.6 Å². The van der Waals surface area contributed by atoms with Crippen molar-refractivity contribution in [2.75, 3.05) is 5.32 Å². The summed E-state index contributed by atoms with van der Waals surface area (Å²) in [7, 11) is 0. The fourth-order valence-electron chi connectivity index (χ4n) is 4.35. The number of hydrogen-bond acceptors (Lipinski definition) is 2. The number of benzene rings is 3. The van der Waals surface area contributed by atoms with Crippen molar-refractivity contribution in [1.82, 2.24) is 9.97 Å². The van der Waals surface area contributed by atoms with Crippen LogP contribution in [-0.2, 0) is 12.8 Å². The first-order valence-corrected chi connectivity index (χ1v) is 11.0. The third-order valence-electron chi connectivity index (χ3n) is 6.06. The Hall–Kier alpha value is -3.99. The van der Waals surface area contributed by atoms with Gasteiger partial charge in [0.25, 0.3) is 5.91 Å². The standard InChI is InChI=1S/C28H24FN3O/c1-17-7-5-8-18(2)26(17)32-28(33)25-16-22-21-11-3-4-12-23(21)31-27(22)24(30-25)14-13-19-9-6-10-20(29)15-19/h3-12,15-16,31H,13-14H2,1-2H3,(H,32,33). The van der Waals surface area contributed by atoms with Gasteiger partial charge >= 0.3 is 0 Å². The van der Waals surface area contributed by atoms with E-state index in [-0.39, 0.29) is 11.7 Å². The number of hydrogen-bond donors (Lipinski definition) is 2. The second-order valence-electron chi connectivity index (χ2n) is 8.40. The van der Waals surface area contributed by atoms with Gasteiger partial charge in [0.05, 0.1) is 11.2 Å². The van der Waals surface area contributed by atoms with Crippen LogP contribution < -0.4 is 5.32 Å². The van der Waals surface area contributed by atoms with E-state index in [0.29, 0.717) is 18.5 Å². The molecule has 2 N–H and O–H groups in total. The summed E-state index contributed by atoms with van der Waals surface area (Å²) in [6.45, 7) is 3.95. The van der Waals surface area contributed by atoms with Crippen LogP contribution in [0.1, 0.15) is 32.9 Å². The Labute approximate surface area is 191 Å². The average Bonchev–Trinajstić information content (AvgIpc) is 3.19. The molecule has 2 aromatic heterocycles. The van der Waals surface area contributed by atoms with E-state index in [1.807, 2.05) is 68.4 Å². The van der Waals surface area contributed by atoms with Gasteiger partial charge in [0, 0.05) is 22.0 Å². The Morgan fingerprint density at radius 1 is 0.909 bits per heavy atom. The van der Waals surface area contributed by atoms with Crippen LogP contribution in [0.5, 0.6) is 0 Å². The Bertz CT molecular complexity index is 1480. The van der Waals surface area contributed by atoms with E-state index < -0.39 is 0 Å². The Kier molecular flexibility index (Phi) is 5.38. The zero-order valence-corrected chi connectivity index (χ0v) is 18.6. The summed E-state index contributed by atoms with van der Waals surface area (Å²) < 4.78 is 13.7. The molecule has 0 saturated heterocycles. The summed E-state index contributed by atoms with van der Waals surface area (Å²) in [5.74, 6) is -0.496. The van der Waals surface area contributed by atoms with Gasteiger partial charge in [-0.3, -0.25) is 4.79 Å². The van der Waals surface area contributed by atoms with E-state index in [1.165, 1.54) is 6.07 Å². The normalized spacial score (nSPS) is 11.2. The lowest BCUT2D eigenvalue weighted by Gasteiger charge is -2.12. The number of nitrogens with zero attached hydrogens (tertiary/aromatic N) is 1. The number of rotatable bonds is 5. The lowest BCUT2D eigenvalue weighted by atomic mass is 10.0. The molecule has 3 aromatic carbocycles. The van der Waals surface area contributed by atoms with Gasteiger partial charge in [0.2, 0.25) is 0 Å². The number of aryl methyl sites for hydroxylation is 4. The molecule has 0 aliphatic carbocycles. The molecule has 5 aromatic rings. The molecule has 0 atom stereocenters. The van der Waals surface area contributed by atoms with Crippen LogP contribution in [0.2, 0.25) is 0 Å². The monoisotopic (exact) mass is 437 g/mol. The molecular weight excluding hydrogens is 413 g/mol. The SMILES string of the molecule is Cc1cccc(C)c1NC(=O)c1cc2c([nH]c3ccccc32)c(CCc2cccc(F)c2)n1. The van der Waals surface area contributed by atoms with Crippen molar-refractivity contribution in [3.05, 3.63) is 107 Å². The summed E-state index contributed by atoms with van der Waals surface area (Å²) >= 11 is 0. The molecule has 4 nitrogen and oxygen atoms in total. The van der Waals surface area contributed by atoms with E-state index in [9.17, 15) is 9.18 Å². The Balaban J connectivity index is 1.57. The topological polar surface area (TPSA) is 57.8 Å². The highest BCUT2D eigenvalue weighted by Gasteiger charge is 2.17. The Morgan fingerprint density at radius 2 is 1.67 bits per heavy atom. The van der Waals surface area contributed by atoms with Gasteiger partial charge in [0.15, 0.2) is 0 Å². The fourth-order valence-corrected chi connectivity index (χ4v) is 4.35. The molecule has 5 heteroatoms. The van der Waals surface area contributed by atoms with Crippen molar-refractivity contribution in [2.45, 2.75) is 26.7 Å². The highest BCUT2D eigenvalue weighted by atomic mass is 19.1. The Morgan fingerprint density at radius 3 is 2.45 bits per heavy atom. The first-order chi connectivity index (χ1) is 16.0. The summed E-state index contributed by atoms with van der Waals surface area (Å²) in [5.41, 5.74) is 6.77. The predicted octanol–water partition coefficient (Wildman–Crippen LogP) is 6.51. The second-order valence-corrected chi connectivity index (χ2v) is 8.40. The van der Waals surface area contributed by atoms with E-state index in [0.717, 1.165) is 49.9 Å². The number of carbonyl (C=O) groups excluding carboxylic acids is 1. The van der Waals surface area contributed by atoms with Crippen molar-refractivity contribution >= 4 is 33.4 Å². The molecule has 0 fully saturated rings. The number of fused-ring (bicyclic) bond motifs is 3. The summed E-state index contributed by atoms with van der Waals surface area (Å²) in [5, 5.41) is 5.05. The van der Waals surface area contributed by atoms with Gasteiger partial charge in [-0.15, -0.1) is 0 Å². The number of carbonyl (C=O) groups is 1. The number of halogens is 1. The van der Waals surface area contributed by atoms with E-state index >= 15 is 0 Å². The third-order valence-corrected chi connectivity index (χ3v) is 6.06. The van der Waals surface area contributed by atoms with Crippen molar-refractivity contribution < 1.29 is 9.18 Å². The minimum atomic E-state index is -0.252. The molecule has 0 aliphatic rings. The van der Waals surface area contributed by atoms with Crippen LogP contribution in [0.4, 0.5) is 10.1 Å². The molecule has 2 heterocycles. The molecular formula is C28H24FN3O. The largest absolute Gasteiger partial charge is 0.353 e. The molecule has 33 heavy (non-hydrogen) atoms. The number of aromatic amines is 1. The maximum Gasteiger partial charge on any atom is 0.274 e. The molecule has 1 amide bonds. The number of nitrogens with one attached hydrogen (secondary N) is 2. The lowest BCUT2D eigenvalue weighted by molar-refractivity contribution is 0.102. The molecule has 0 saturated carbocycles. The van der Waals surface area contributed by atoms with Gasteiger partial charge < -0.3 is 10.3 Å². The van der Waals surface area contributed by atoms with Crippen LogP contribution in [-0.4, -0.2) is 15.9 Å². The number of anilines is 1. The van der Waals surface area contributed by atoms with Gasteiger partial charge in [-0.2, -0.15) is 0 Å². The maximum absolute atomic E-state index is 13.7. The molecule has 0 unspecified atom stereocenters. The van der Waals surface area contributed by atoms with E-state index in [4.69, 9.17) is 4.98 Å². The lowest BCUT2D eigenvalue weighted by Crippen LogP contribution is -2.16. The second kappa shape index (κ2) is 8.51. The summed E-state index contributed by atoms with van der Waals surface area (Å²) in [4.78, 5) is 21.5. The van der Waals surface area contributed by atoms with Crippen LogP contribution in [0.3, 0.4) is 0 Å². The minimum absolute atomic E-state index is 0.244.